The molecule has 0 aliphatic heterocycles. The standard InChI is InChI=1S/C12H13BrN2/c1-3-15-8-9(2)14-12(15)10-4-6-11(13)7-5-10/h4-8H,3H2,1-2H3. The molecule has 2 aromatic rings. The number of aryl methyl sites for hydroxylation is 2. The summed E-state index contributed by atoms with van der Waals surface area (Å²) in [5, 5.41) is 0. The Morgan fingerprint density at radius 2 is 1.93 bits per heavy atom. The summed E-state index contributed by atoms with van der Waals surface area (Å²) in [6, 6.07) is 8.24. The number of halogens is 1. The quantitative estimate of drug-likeness (QED) is 0.810. The lowest BCUT2D eigenvalue weighted by atomic mass is 10.2. The normalized spacial score (nSPS) is 10.6. The number of hydrogen-bond donors (Lipinski definition) is 0. The van der Waals surface area contributed by atoms with E-state index in [4.69, 9.17) is 0 Å². The molecule has 0 aliphatic carbocycles. The molecule has 78 valence electrons. The van der Waals surface area contributed by atoms with E-state index in [1.807, 2.05) is 19.1 Å². The summed E-state index contributed by atoms with van der Waals surface area (Å²) >= 11 is 3.43. The second-order valence-electron chi connectivity index (χ2n) is 3.50. The molecule has 0 atom stereocenters. The van der Waals surface area contributed by atoms with Gasteiger partial charge >= 0.3 is 0 Å². The van der Waals surface area contributed by atoms with Crippen molar-refractivity contribution in [1.29, 1.82) is 0 Å². The Bertz CT molecular complexity index is 457. The van der Waals surface area contributed by atoms with Gasteiger partial charge in [0.2, 0.25) is 0 Å². The monoisotopic (exact) mass is 264 g/mol. The Morgan fingerprint density at radius 3 is 2.53 bits per heavy atom. The highest BCUT2D eigenvalue weighted by Gasteiger charge is 2.06. The van der Waals surface area contributed by atoms with Crippen molar-refractivity contribution < 1.29 is 0 Å². The number of imidazole rings is 1. The smallest absolute Gasteiger partial charge is 0.140 e. The van der Waals surface area contributed by atoms with Crippen LogP contribution in [0.5, 0.6) is 0 Å². The molecule has 0 fully saturated rings. The molecule has 0 unspecified atom stereocenters. The fourth-order valence-corrected chi connectivity index (χ4v) is 1.88. The maximum absolute atomic E-state index is 4.53. The minimum Gasteiger partial charge on any atom is -0.331 e. The third kappa shape index (κ3) is 2.12. The molecule has 2 rings (SSSR count). The number of hydrogen-bond acceptors (Lipinski definition) is 1. The fourth-order valence-electron chi connectivity index (χ4n) is 1.62. The average Bonchev–Trinajstić information content (AvgIpc) is 2.61. The van der Waals surface area contributed by atoms with Gasteiger partial charge in [-0.25, -0.2) is 4.98 Å². The summed E-state index contributed by atoms with van der Waals surface area (Å²) in [6.07, 6.45) is 2.08. The summed E-state index contributed by atoms with van der Waals surface area (Å²) in [4.78, 5) is 4.53. The van der Waals surface area contributed by atoms with E-state index < -0.39 is 0 Å². The molecule has 1 aromatic carbocycles. The van der Waals surface area contributed by atoms with Gasteiger partial charge in [0.1, 0.15) is 5.82 Å². The van der Waals surface area contributed by atoms with Gasteiger partial charge < -0.3 is 4.57 Å². The van der Waals surface area contributed by atoms with Crippen molar-refractivity contribution in [2.24, 2.45) is 0 Å². The van der Waals surface area contributed by atoms with Gasteiger partial charge in [-0.05, 0) is 26.0 Å². The lowest BCUT2D eigenvalue weighted by Crippen LogP contribution is -1.95. The summed E-state index contributed by atoms with van der Waals surface area (Å²) in [5.41, 5.74) is 2.22. The van der Waals surface area contributed by atoms with Crippen molar-refractivity contribution in [3.05, 3.63) is 40.6 Å². The van der Waals surface area contributed by atoms with Crippen molar-refractivity contribution in [1.82, 2.24) is 9.55 Å². The van der Waals surface area contributed by atoms with Crippen LogP contribution in [0.2, 0.25) is 0 Å². The number of rotatable bonds is 2. The van der Waals surface area contributed by atoms with E-state index in [1.54, 1.807) is 0 Å². The second kappa shape index (κ2) is 4.19. The molecule has 1 aromatic heterocycles. The molecule has 2 nitrogen and oxygen atoms in total. The van der Waals surface area contributed by atoms with Crippen molar-refractivity contribution in [2.45, 2.75) is 20.4 Å². The Kier molecular flexibility index (Phi) is 2.91. The lowest BCUT2D eigenvalue weighted by Gasteiger charge is -2.04. The molecular formula is C12H13BrN2. The predicted molar refractivity (Wildman–Crippen MR) is 65.8 cm³/mol. The number of aromatic nitrogens is 2. The van der Waals surface area contributed by atoms with Gasteiger partial charge in [0.25, 0.3) is 0 Å². The maximum Gasteiger partial charge on any atom is 0.140 e. The average molecular weight is 265 g/mol. The van der Waals surface area contributed by atoms with Gasteiger partial charge in [-0.3, -0.25) is 0 Å². The van der Waals surface area contributed by atoms with E-state index in [1.165, 1.54) is 0 Å². The Labute approximate surface area is 98.1 Å². The minimum absolute atomic E-state index is 0.951. The van der Waals surface area contributed by atoms with Crippen LogP contribution < -0.4 is 0 Å². The van der Waals surface area contributed by atoms with E-state index in [0.717, 1.165) is 28.1 Å². The molecule has 0 amide bonds. The first-order chi connectivity index (χ1) is 7.20. The van der Waals surface area contributed by atoms with Crippen molar-refractivity contribution in [2.75, 3.05) is 0 Å². The van der Waals surface area contributed by atoms with Crippen LogP contribution in [0.3, 0.4) is 0 Å². The highest BCUT2D eigenvalue weighted by molar-refractivity contribution is 9.10. The summed E-state index contributed by atoms with van der Waals surface area (Å²) in [6.45, 7) is 5.10. The van der Waals surface area contributed by atoms with E-state index in [2.05, 4.69) is 50.7 Å². The Balaban J connectivity index is 2.48. The molecule has 3 heteroatoms. The van der Waals surface area contributed by atoms with Crippen LogP contribution in [0.4, 0.5) is 0 Å². The van der Waals surface area contributed by atoms with Crippen LogP contribution in [0.1, 0.15) is 12.6 Å². The molecule has 0 aliphatic rings. The van der Waals surface area contributed by atoms with Crippen LogP contribution in [0.15, 0.2) is 34.9 Å². The highest BCUT2D eigenvalue weighted by atomic mass is 79.9. The second-order valence-corrected chi connectivity index (χ2v) is 4.41. The molecule has 0 saturated heterocycles. The van der Waals surface area contributed by atoms with Gasteiger partial charge in [0.05, 0.1) is 5.69 Å². The zero-order chi connectivity index (χ0) is 10.8. The Hall–Kier alpha value is -1.09. The molecular weight excluding hydrogens is 252 g/mol. The van der Waals surface area contributed by atoms with E-state index >= 15 is 0 Å². The molecule has 0 radical (unpaired) electrons. The van der Waals surface area contributed by atoms with Gasteiger partial charge in [-0.1, -0.05) is 28.1 Å². The topological polar surface area (TPSA) is 17.8 Å². The summed E-state index contributed by atoms with van der Waals surface area (Å²) < 4.78 is 3.26. The van der Waals surface area contributed by atoms with Gasteiger partial charge in [0, 0.05) is 22.8 Å². The molecule has 15 heavy (non-hydrogen) atoms. The number of nitrogens with zero attached hydrogens (tertiary/aromatic N) is 2. The maximum atomic E-state index is 4.53. The number of benzene rings is 1. The van der Waals surface area contributed by atoms with E-state index in [0.29, 0.717) is 0 Å². The van der Waals surface area contributed by atoms with Crippen LogP contribution in [-0.2, 0) is 6.54 Å². The van der Waals surface area contributed by atoms with Gasteiger partial charge in [-0.15, -0.1) is 0 Å². The first kappa shape index (κ1) is 10.4. The first-order valence-corrected chi connectivity index (χ1v) is 5.79. The summed E-state index contributed by atoms with van der Waals surface area (Å²) in [7, 11) is 0. The summed E-state index contributed by atoms with van der Waals surface area (Å²) in [5.74, 6) is 1.04. The van der Waals surface area contributed by atoms with Crippen LogP contribution in [-0.4, -0.2) is 9.55 Å². The van der Waals surface area contributed by atoms with Crippen LogP contribution >= 0.6 is 15.9 Å². The third-order valence-corrected chi connectivity index (χ3v) is 2.87. The molecule has 0 N–H and O–H groups in total. The van der Waals surface area contributed by atoms with Gasteiger partial charge in [0.15, 0.2) is 0 Å². The highest BCUT2D eigenvalue weighted by Crippen LogP contribution is 2.21. The third-order valence-electron chi connectivity index (χ3n) is 2.34. The molecule has 0 bridgehead atoms. The SMILES string of the molecule is CCn1cc(C)nc1-c1ccc(Br)cc1. The van der Waals surface area contributed by atoms with E-state index in [9.17, 15) is 0 Å². The molecule has 0 spiro atoms. The fraction of sp³-hybridized carbons (Fsp3) is 0.250. The largest absolute Gasteiger partial charge is 0.331 e. The van der Waals surface area contributed by atoms with Crippen molar-refractivity contribution >= 4 is 15.9 Å². The van der Waals surface area contributed by atoms with Crippen LogP contribution in [0, 0.1) is 6.92 Å². The zero-order valence-corrected chi connectivity index (χ0v) is 10.5. The van der Waals surface area contributed by atoms with E-state index in [-0.39, 0.29) is 0 Å². The zero-order valence-electron chi connectivity index (χ0n) is 8.87. The predicted octanol–water partition coefficient (Wildman–Crippen LogP) is 3.64. The molecule has 1 heterocycles. The van der Waals surface area contributed by atoms with Crippen molar-refractivity contribution in [3.63, 3.8) is 0 Å². The van der Waals surface area contributed by atoms with Crippen molar-refractivity contribution in [3.8, 4) is 11.4 Å². The molecule has 0 saturated carbocycles. The van der Waals surface area contributed by atoms with Crippen LogP contribution in [0.25, 0.3) is 11.4 Å². The lowest BCUT2D eigenvalue weighted by molar-refractivity contribution is 0.770. The Morgan fingerprint density at radius 1 is 1.27 bits per heavy atom. The van der Waals surface area contributed by atoms with Gasteiger partial charge in [-0.2, -0.15) is 0 Å². The first-order valence-electron chi connectivity index (χ1n) is 5.00. The minimum atomic E-state index is 0.951.